The SMILES string of the molecule is Cc1ccc[n+](C/C(=N/Nc2ccc([N+](=O)[O-])cc2[N+](=O)[O-])c2ccc([N+](=O)[O-])cc2)c1. The molecule has 0 fully saturated rings. The van der Waals surface area contributed by atoms with Gasteiger partial charge in [-0.05, 0) is 31.2 Å². The maximum absolute atomic E-state index is 11.4. The Kier molecular flexibility index (Phi) is 6.44. The van der Waals surface area contributed by atoms with Gasteiger partial charge in [0, 0.05) is 35.4 Å². The van der Waals surface area contributed by atoms with Gasteiger partial charge in [0.2, 0.25) is 0 Å². The summed E-state index contributed by atoms with van der Waals surface area (Å²) < 4.78 is 1.83. The third-order valence-electron chi connectivity index (χ3n) is 4.45. The zero-order valence-electron chi connectivity index (χ0n) is 16.7. The molecule has 2 aromatic carbocycles. The lowest BCUT2D eigenvalue weighted by Gasteiger charge is -2.07. The van der Waals surface area contributed by atoms with Crippen molar-refractivity contribution >= 4 is 28.5 Å². The van der Waals surface area contributed by atoms with Crippen LogP contribution in [0.15, 0.2) is 72.1 Å². The number of benzene rings is 2. The summed E-state index contributed by atoms with van der Waals surface area (Å²) in [7, 11) is 0. The molecule has 0 saturated carbocycles. The van der Waals surface area contributed by atoms with Crippen LogP contribution in [0.25, 0.3) is 0 Å². The van der Waals surface area contributed by atoms with E-state index in [1.54, 1.807) is 0 Å². The third-order valence-corrected chi connectivity index (χ3v) is 4.45. The highest BCUT2D eigenvalue weighted by atomic mass is 16.6. The first-order chi connectivity index (χ1) is 15.2. The molecule has 162 valence electrons. The summed E-state index contributed by atoms with van der Waals surface area (Å²) in [5, 5.41) is 37.5. The number of nitrogens with one attached hydrogen (secondary N) is 1. The molecule has 0 saturated heterocycles. The van der Waals surface area contributed by atoms with E-state index in [9.17, 15) is 30.3 Å². The van der Waals surface area contributed by atoms with Crippen LogP contribution in [-0.2, 0) is 6.54 Å². The van der Waals surface area contributed by atoms with E-state index in [-0.39, 0.29) is 17.9 Å². The van der Waals surface area contributed by atoms with Crippen molar-refractivity contribution in [1.29, 1.82) is 0 Å². The molecule has 1 N–H and O–H groups in total. The summed E-state index contributed by atoms with van der Waals surface area (Å²) in [6.07, 6.45) is 3.68. The average molecular weight is 437 g/mol. The number of pyridine rings is 1. The second-order valence-corrected chi connectivity index (χ2v) is 6.74. The van der Waals surface area contributed by atoms with Gasteiger partial charge >= 0.3 is 5.69 Å². The number of nitro benzene ring substituents is 3. The van der Waals surface area contributed by atoms with E-state index >= 15 is 0 Å². The van der Waals surface area contributed by atoms with Crippen LogP contribution in [0.2, 0.25) is 0 Å². The highest BCUT2D eigenvalue weighted by Gasteiger charge is 2.20. The molecule has 0 bridgehead atoms. The van der Waals surface area contributed by atoms with Crippen molar-refractivity contribution in [3.8, 4) is 0 Å². The average Bonchev–Trinajstić information content (AvgIpc) is 2.76. The first kappa shape index (κ1) is 22.0. The maximum Gasteiger partial charge on any atom is 0.301 e. The van der Waals surface area contributed by atoms with Crippen molar-refractivity contribution < 1.29 is 19.3 Å². The van der Waals surface area contributed by atoms with E-state index in [1.165, 1.54) is 30.3 Å². The number of hydrazone groups is 1. The van der Waals surface area contributed by atoms with Gasteiger partial charge in [-0.3, -0.25) is 35.8 Å². The molecule has 12 heteroatoms. The number of non-ortho nitro benzene ring substituents is 2. The lowest BCUT2D eigenvalue weighted by molar-refractivity contribution is -0.682. The lowest BCUT2D eigenvalue weighted by Crippen LogP contribution is -2.38. The van der Waals surface area contributed by atoms with Gasteiger partial charge in [0.25, 0.3) is 11.4 Å². The van der Waals surface area contributed by atoms with Gasteiger partial charge in [-0.1, -0.05) is 0 Å². The lowest BCUT2D eigenvalue weighted by atomic mass is 10.1. The molecular formula is C20H17N6O6+. The van der Waals surface area contributed by atoms with Gasteiger partial charge in [-0.15, -0.1) is 0 Å². The zero-order valence-corrected chi connectivity index (χ0v) is 16.7. The molecule has 0 aliphatic heterocycles. The molecule has 0 spiro atoms. The molecule has 0 aliphatic carbocycles. The Labute approximate surface area is 180 Å². The van der Waals surface area contributed by atoms with Gasteiger partial charge in [0.1, 0.15) is 11.4 Å². The number of rotatable bonds is 8. The smallest absolute Gasteiger partial charge is 0.271 e. The Morgan fingerprint density at radius 2 is 1.59 bits per heavy atom. The number of hydrogen-bond acceptors (Lipinski definition) is 8. The fraction of sp³-hybridized carbons (Fsp3) is 0.100. The predicted molar refractivity (Wildman–Crippen MR) is 114 cm³/mol. The Hall–Kier alpha value is -4.74. The quantitative estimate of drug-likeness (QED) is 0.244. The first-order valence-electron chi connectivity index (χ1n) is 9.20. The summed E-state index contributed by atoms with van der Waals surface area (Å²) >= 11 is 0. The summed E-state index contributed by atoms with van der Waals surface area (Å²) in [4.78, 5) is 31.3. The molecule has 12 nitrogen and oxygen atoms in total. The minimum Gasteiger partial charge on any atom is -0.271 e. The molecular weight excluding hydrogens is 420 g/mol. The summed E-state index contributed by atoms with van der Waals surface area (Å²) in [6, 6.07) is 12.7. The van der Waals surface area contributed by atoms with E-state index in [0.717, 1.165) is 17.7 Å². The molecule has 0 atom stereocenters. The molecule has 0 amide bonds. The van der Waals surface area contributed by atoms with E-state index < -0.39 is 26.1 Å². The number of aromatic nitrogens is 1. The van der Waals surface area contributed by atoms with Crippen LogP contribution < -0.4 is 9.99 Å². The van der Waals surface area contributed by atoms with Crippen LogP contribution in [0.1, 0.15) is 11.1 Å². The standard InChI is InChI=1S/C20H17N6O6/c1-14-3-2-10-23(12-14)13-19(15-4-6-16(7-5-15)24(27)28)22-21-18-9-8-17(25(29)30)11-20(18)26(31)32/h2-12,21H,13H2,1H3/q+1/b22-19-. The van der Waals surface area contributed by atoms with Crippen molar-refractivity contribution in [2.75, 3.05) is 5.43 Å². The molecule has 1 heterocycles. The van der Waals surface area contributed by atoms with Gasteiger partial charge in [0.15, 0.2) is 18.9 Å². The maximum atomic E-state index is 11.4. The number of nitrogens with zero attached hydrogens (tertiary/aromatic N) is 5. The fourth-order valence-corrected chi connectivity index (χ4v) is 2.90. The van der Waals surface area contributed by atoms with E-state index in [0.29, 0.717) is 11.3 Å². The van der Waals surface area contributed by atoms with Crippen LogP contribution in [0.5, 0.6) is 0 Å². The zero-order chi connectivity index (χ0) is 23.3. The van der Waals surface area contributed by atoms with Gasteiger partial charge in [0.05, 0.1) is 20.8 Å². The minimum atomic E-state index is -0.744. The van der Waals surface area contributed by atoms with Gasteiger partial charge in [-0.2, -0.15) is 9.67 Å². The Morgan fingerprint density at radius 3 is 2.19 bits per heavy atom. The van der Waals surface area contributed by atoms with Gasteiger partial charge in [-0.25, -0.2) is 0 Å². The number of hydrogen-bond donors (Lipinski definition) is 1. The number of anilines is 1. The Balaban J connectivity index is 2.00. The second kappa shape index (κ2) is 9.38. The van der Waals surface area contributed by atoms with Crippen molar-refractivity contribution in [3.05, 3.63) is 108 Å². The molecule has 3 rings (SSSR count). The predicted octanol–water partition coefficient (Wildman–Crippen LogP) is 3.52. The van der Waals surface area contributed by atoms with E-state index in [4.69, 9.17) is 0 Å². The summed E-state index contributed by atoms with van der Waals surface area (Å²) in [5.74, 6) is 0. The van der Waals surface area contributed by atoms with E-state index in [2.05, 4.69) is 10.5 Å². The number of aryl methyl sites for hydroxylation is 1. The highest BCUT2D eigenvalue weighted by molar-refractivity contribution is 6.00. The topological polar surface area (TPSA) is 158 Å². The number of nitro groups is 3. The Bertz CT molecular complexity index is 1230. The van der Waals surface area contributed by atoms with Crippen molar-refractivity contribution in [3.63, 3.8) is 0 Å². The van der Waals surface area contributed by atoms with Crippen LogP contribution >= 0.6 is 0 Å². The molecule has 0 aliphatic rings. The normalized spacial score (nSPS) is 11.1. The van der Waals surface area contributed by atoms with Gasteiger partial charge < -0.3 is 0 Å². The monoisotopic (exact) mass is 437 g/mol. The third kappa shape index (κ3) is 5.24. The van der Waals surface area contributed by atoms with Crippen molar-refractivity contribution in [1.82, 2.24) is 0 Å². The second-order valence-electron chi connectivity index (χ2n) is 6.74. The van der Waals surface area contributed by atoms with E-state index in [1.807, 2.05) is 36.0 Å². The van der Waals surface area contributed by atoms with Crippen molar-refractivity contribution in [2.45, 2.75) is 13.5 Å². The Morgan fingerprint density at radius 1 is 0.938 bits per heavy atom. The van der Waals surface area contributed by atoms with Crippen LogP contribution in [0.4, 0.5) is 22.7 Å². The van der Waals surface area contributed by atoms with Crippen LogP contribution in [0, 0.1) is 37.3 Å². The minimum absolute atomic E-state index is 0.0331. The van der Waals surface area contributed by atoms with Crippen LogP contribution in [0.3, 0.4) is 0 Å². The largest absolute Gasteiger partial charge is 0.301 e. The molecule has 1 aromatic heterocycles. The molecule has 0 radical (unpaired) electrons. The van der Waals surface area contributed by atoms with Crippen LogP contribution in [-0.4, -0.2) is 20.5 Å². The molecule has 3 aromatic rings. The summed E-state index contributed by atoms with van der Waals surface area (Å²) in [6.45, 7) is 2.17. The molecule has 32 heavy (non-hydrogen) atoms. The van der Waals surface area contributed by atoms with Crippen molar-refractivity contribution in [2.24, 2.45) is 5.10 Å². The first-order valence-corrected chi connectivity index (χ1v) is 9.20. The summed E-state index contributed by atoms with van der Waals surface area (Å²) in [5.41, 5.74) is 3.55. The fourth-order valence-electron chi connectivity index (χ4n) is 2.90. The molecule has 0 unspecified atom stereocenters. The highest BCUT2D eigenvalue weighted by Crippen LogP contribution is 2.29.